The zero-order valence-corrected chi connectivity index (χ0v) is 19.4. The standard InChI is InChI=1S/C27H28N2O2S/c1-17-13-18(2)15-20(14-17)29-32(30,31)21-11-12-26-25(16-21)23-9-6-10-24(23)27(28-26)22-8-5-4-7-19(22)3/h4-9,11-16,23-24,27-29H,10H2,1-3H3. The molecule has 0 aromatic heterocycles. The Labute approximate surface area is 190 Å². The van der Waals surface area contributed by atoms with E-state index in [1.165, 1.54) is 11.1 Å². The summed E-state index contributed by atoms with van der Waals surface area (Å²) in [6.45, 7) is 6.08. The van der Waals surface area contributed by atoms with Crippen LogP contribution in [0.3, 0.4) is 0 Å². The molecule has 0 saturated carbocycles. The number of anilines is 2. The van der Waals surface area contributed by atoms with Crippen molar-refractivity contribution in [1.29, 1.82) is 0 Å². The zero-order chi connectivity index (χ0) is 22.5. The van der Waals surface area contributed by atoms with Crippen LogP contribution in [-0.2, 0) is 10.0 Å². The molecule has 1 aliphatic carbocycles. The number of allylic oxidation sites excluding steroid dienone is 2. The smallest absolute Gasteiger partial charge is 0.261 e. The maximum Gasteiger partial charge on any atom is 0.261 e. The van der Waals surface area contributed by atoms with Crippen molar-refractivity contribution in [2.45, 2.75) is 44.0 Å². The Morgan fingerprint density at radius 2 is 1.66 bits per heavy atom. The lowest BCUT2D eigenvalue weighted by Crippen LogP contribution is -2.29. The molecule has 1 aliphatic heterocycles. The first kappa shape index (κ1) is 20.8. The van der Waals surface area contributed by atoms with Crippen LogP contribution >= 0.6 is 0 Å². The molecule has 0 amide bonds. The minimum absolute atomic E-state index is 0.201. The summed E-state index contributed by atoms with van der Waals surface area (Å²) in [5.74, 6) is 0.571. The van der Waals surface area contributed by atoms with Crippen molar-refractivity contribution in [3.63, 3.8) is 0 Å². The van der Waals surface area contributed by atoms with E-state index in [4.69, 9.17) is 0 Å². The van der Waals surface area contributed by atoms with Gasteiger partial charge in [0.15, 0.2) is 0 Å². The maximum absolute atomic E-state index is 13.2. The Morgan fingerprint density at radius 3 is 2.41 bits per heavy atom. The fourth-order valence-electron chi connectivity index (χ4n) is 5.23. The summed E-state index contributed by atoms with van der Waals surface area (Å²) in [4.78, 5) is 0.297. The molecule has 164 valence electrons. The molecule has 0 spiro atoms. The van der Waals surface area contributed by atoms with Gasteiger partial charge in [-0.25, -0.2) is 8.42 Å². The van der Waals surface area contributed by atoms with E-state index in [9.17, 15) is 8.42 Å². The molecule has 32 heavy (non-hydrogen) atoms. The fraction of sp³-hybridized carbons (Fsp3) is 0.259. The van der Waals surface area contributed by atoms with Crippen LogP contribution in [0.2, 0.25) is 0 Å². The topological polar surface area (TPSA) is 58.2 Å². The monoisotopic (exact) mass is 444 g/mol. The highest BCUT2D eigenvalue weighted by Crippen LogP contribution is 2.50. The van der Waals surface area contributed by atoms with Crippen LogP contribution in [0.1, 0.15) is 46.2 Å². The Kier molecular flexibility index (Phi) is 5.09. The van der Waals surface area contributed by atoms with E-state index >= 15 is 0 Å². The maximum atomic E-state index is 13.2. The fourth-order valence-corrected chi connectivity index (χ4v) is 6.31. The lowest BCUT2D eigenvalue weighted by atomic mass is 9.76. The van der Waals surface area contributed by atoms with Gasteiger partial charge in [0.05, 0.1) is 10.9 Å². The summed E-state index contributed by atoms with van der Waals surface area (Å²) in [5, 5.41) is 3.71. The summed E-state index contributed by atoms with van der Waals surface area (Å²) >= 11 is 0. The highest BCUT2D eigenvalue weighted by molar-refractivity contribution is 7.92. The average Bonchev–Trinajstić information content (AvgIpc) is 3.22. The average molecular weight is 445 g/mol. The van der Waals surface area contributed by atoms with E-state index in [1.807, 2.05) is 44.2 Å². The van der Waals surface area contributed by atoms with Gasteiger partial charge in [0, 0.05) is 17.3 Å². The number of rotatable bonds is 4. The summed E-state index contributed by atoms with van der Waals surface area (Å²) in [6.07, 6.45) is 5.45. The van der Waals surface area contributed by atoms with Gasteiger partial charge in [-0.15, -0.1) is 0 Å². The second kappa shape index (κ2) is 7.82. The number of hydrogen-bond donors (Lipinski definition) is 2. The van der Waals surface area contributed by atoms with Gasteiger partial charge in [0.25, 0.3) is 10.0 Å². The summed E-state index contributed by atoms with van der Waals surface area (Å²) in [5.41, 5.74) is 7.29. The molecule has 0 bridgehead atoms. The third kappa shape index (κ3) is 3.71. The van der Waals surface area contributed by atoms with Crippen molar-refractivity contribution in [1.82, 2.24) is 0 Å². The number of nitrogens with one attached hydrogen (secondary N) is 2. The number of aryl methyl sites for hydroxylation is 3. The van der Waals surface area contributed by atoms with Gasteiger partial charge in [0.1, 0.15) is 0 Å². The van der Waals surface area contributed by atoms with E-state index in [-0.39, 0.29) is 12.0 Å². The Morgan fingerprint density at radius 1 is 0.906 bits per heavy atom. The molecule has 2 N–H and O–H groups in total. The number of benzene rings is 3. The van der Waals surface area contributed by atoms with E-state index in [0.29, 0.717) is 16.5 Å². The Bertz CT molecular complexity index is 1310. The molecular formula is C27H28N2O2S. The molecule has 5 rings (SSSR count). The predicted octanol–water partition coefficient (Wildman–Crippen LogP) is 6.24. The van der Waals surface area contributed by atoms with Gasteiger partial charge in [-0.05, 0) is 91.3 Å². The first-order valence-corrected chi connectivity index (χ1v) is 12.5. The van der Waals surface area contributed by atoms with Crippen molar-refractivity contribution >= 4 is 21.4 Å². The largest absolute Gasteiger partial charge is 0.378 e. The van der Waals surface area contributed by atoms with Crippen molar-refractivity contribution < 1.29 is 8.42 Å². The molecule has 3 atom stereocenters. The SMILES string of the molecule is Cc1cc(C)cc(NS(=O)(=O)c2ccc3c(c2)C2C=CCC2C(c2ccccc2C)N3)c1. The van der Waals surface area contributed by atoms with Gasteiger partial charge >= 0.3 is 0 Å². The second-order valence-electron chi connectivity index (χ2n) is 9.06. The molecular weight excluding hydrogens is 416 g/mol. The van der Waals surface area contributed by atoms with Crippen LogP contribution in [0.25, 0.3) is 0 Å². The Balaban J connectivity index is 1.50. The highest BCUT2D eigenvalue weighted by Gasteiger charge is 2.38. The van der Waals surface area contributed by atoms with Crippen molar-refractivity contribution in [2.24, 2.45) is 5.92 Å². The second-order valence-corrected chi connectivity index (χ2v) is 10.7. The molecule has 3 aromatic carbocycles. The normalized spacial score (nSPS) is 21.5. The van der Waals surface area contributed by atoms with Gasteiger partial charge in [-0.3, -0.25) is 4.72 Å². The van der Waals surface area contributed by atoms with Gasteiger partial charge in [-0.2, -0.15) is 0 Å². The third-order valence-corrected chi connectivity index (χ3v) is 8.02. The zero-order valence-electron chi connectivity index (χ0n) is 18.6. The summed E-state index contributed by atoms with van der Waals surface area (Å²) in [6, 6.07) is 19.9. The van der Waals surface area contributed by atoms with Gasteiger partial charge < -0.3 is 5.32 Å². The highest BCUT2D eigenvalue weighted by atomic mass is 32.2. The quantitative estimate of drug-likeness (QED) is 0.468. The molecule has 3 unspecified atom stereocenters. The van der Waals surface area contributed by atoms with E-state index in [1.54, 1.807) is 6.07 Å². The van der Waals surface area contributed by atoms with Gasteiger partial charge in [0.2, 0.25) is 0 Å². The van der Waals surface area contributed by atoms with Crippen LogP contribution < -0.4 is 10.0 Å². The van der Waals surface area contributed by atoms with Crippen LogP contribution in [0.4, 0.5) is 11.4 Å². The van der Waals surface area contributed by atoms with E-state index in [2.05, 4.69) is 53.4 Å². The van der Waals surface area contributed by atoms with Crippen LogP contribution in [0.5, 0.6) is 0 Å². The van der Waals surface area contributed by atoms with E-state index < -0.39 is 10.0 Å². The van der Waals surface area contributed by atoms with E-state index in [0.717, 1.165) is 28.8 Å². The van der Waals surface area contributed by atoms with Crippen molar-refractivity contribution in [3.05, 3.63) is 101 Å². The minimum atomic E-state index is -3.68. The minimum Gasteiger partial charge on any atom is -0.378 e. The number of hydrogen-bond acceptors (Lipinski definition) is 3. The summed E-state index contributed by atoms with van der Waals surface area (Å²) < 4.78 is 29.1. The molecule has 2 aliphatic rings. The molecule has 0 saturated heterocycles. The Hall–Kier alpha value is -3.05. The van der Waals surface area contributed by atoms with Crippen molar-refractivity contribution in [2.75, 3.05) is 10.0 Å². The molecule has 0 radical (unpaired) electrons. The van der Waals surface area contributed by atoms with Crippen LogP contribution in [-0.4, -0.2) is 8.42 Å². The molecule has 3 aromatic rings. The number of fused-ring (bicyclic) bond motifs is 3. The molecule has 4 nitrogen and oxygen atoms in total. The number of sulfonamides is 1. The van der Waals surface area contributed by atoms with Crippen molar-refractivity contribution in [3.8, 4) is 0 Å². The van der Waals surface area contributed by atoms with Gasteiger partial charge in [-0.1, -0.05) is 42.5 Å². The first-order valence-electron chi connectivity index (χ1n) is 11.1. The lowest BCUT2D eigenvalue weighted by molar-refractivity contribution is 0.424. The molecule has 1 heterocycles. The van der Waals surface area contributed by atoms with Crippen LogP contribution in [0.15, 0.2) is 77.7 Å². The summed E-state index contributed by atoms with van der Waals surface area (Å²) in [7, 11) is -3.68. The lowest BCUT2D eigenvalue weighted by Gasteiger charge is -2.38. The third-order valence-electron chi connectivity index (χ3n) is 6.64. The first-order chi connectivity index (χ1) is 15.3. The molecule has 0 fully saturated rings. The van der Waals surface area contributed by atoms with Crippen LogP contribution in [0, 0.1) is 26.7 Å². The predicted molar refractivity (Wildman–Crippen MR) is 131 cm³/mol. The molecule has 5 heteroatoms.